The third-order valence-electron chi connectivity index (χ3n) is 2.99. The van der Waals surface area contributed by atoms with Crippen LogP contribution in [-0.2, 0) is 0 Å². The Hall–Kier alpha value is -1.09. The van der Waals surface area contributed by atoms with Gasteiger partial charge in [-0.05, 0) is 30.0 Å². The largest absolute Gasteiger partial charge is 0.349 e. The van der Waals surface area contributed by atoms with Gasteiger partial charge in [-0.2, -0.15) is 0 Å². The molecule has 4 heteroatoms. The van der Waals surface area contributed by atoms with Crippen molar-refractivity contribution >= 4 is 17.5 Å². The maximum Gasteiger partial charge on any atom is 0.254 e. The van der Waals surface area contributed by atoms with Crippen LogP contribution in [-0.4, -0.2) is 11.9 Å². The van der Waals surface area contributed by atoms with Crippen LogP contribution in [0.1, 0.15) is 30.6 Å². The molecule has 1 saturated carbocycles. The quantitative estimate of drug-likeness (QED) is 0.847. The summed E-state index contributed by atoms with van der Waals surface area (Å²) < 4.78 is 13.4. The van der Waals surface area contributed by atoms with E-state index < -0.39 is 11.7 Å². The number of benzene rings is 1. The first kappa shape index (κ1) is 11.4. The van der Waals surface area contributed by atoms with Crippen molar-refractivity contribution in [3.05, 3.63) is 34.6 Å². The number of halogens is 2. The summed E-state index contributed by atoms with van der Waals surface area (Å²) in [6, 6.07) is 4.12. The van der Waals surface area contributed by atoms with Crippen LogP contribution in [0.5, 0.6) is 0 Å². The molecule has 1 unspecified atom stereocenters. The Bertz CT molecular complexity index is 445. The Kier molecular flexibility index (Phi) is 2.66. The third kappa shape index (κ3) is 2.19. The lowest BCUT2D eigenvalue weighted by molar-refractivity contribution is 0.0942. The Labute approximate surface area is 98.8 Å². The van der Waals surface area contributed by atoms with Gasteiger partial charge in [-0.25, -0.2) is 4.39 Å². The Morgan fingerprint density at radius 1 is 1.56 bits per heavy atom. The van der Waals surface area contributed by atoms with Crippen LogP contribution < -0.4 is 5.32 Å². The van der Waals surface area contributed by atoms with Gasteiger partial charge in [0.05, 0.1) is 5.56 Å². The normalized spacial score (nSPS) is 21.6. The zero-order valence-electron chi connectivity index (χ0n) is 9.18. The van der Waals surface area contributed by atoms with Crippen molar-refractivity contribution in [1.29, 1.82) is 0 Å². The van der Waals surface area contributed by atoms with Crippen molar-refractivity contribution in [1.82, 2.24) is 5.32 Å². The van der Waals surface area contributed by atoms with E-state index in [9.17, 15) is 9.18 Å². The van der Waals surface area contributed by atoms with Crippen LogP contribution in [0.3, 0.4) is 0 Å². The van der Waals surface area contributed by atoms with Gasteiger partial charge in [-0.15, -0.1) is 0 Å². The highest BCUT2D eigenvalue weighted by molar-refractivity contribution is 6.31. The monoisotopic (exact) mass is 241 g/mol. The summed E-state index contributed by atoms with van der Waals surface area (Å²) in [4.78, 5) is 11.7. The van der Waals surface area contributed by atoms with Crippen molar-refractivity contribution in [2.24, 2.45) is 5.41 Å². The standard InChI is InChI=1S/C12H13ClFNO/c1-12(2)6-10(12)15-11(16)8-5-7(13)3-4-9(8)14/h3-5,10H,6H2,1-2H3,(H,15,16). The number of rotatable bonds is 2. The molecule has 1 aromatic carbocycles. The minimum absolute atomic E-state index is 0.00944. The van der Waals surface area contributed by atoms with Gasteiger partial charge < -0.3 is 5.32 Å². The molecule has 1 aromatic rings. The Balaban J connectivity index is 2.12. The average molecular weight is 242 g/mol. The molecule has 2 nitrogen and oxygen atoms in total. The van der Waals surface area contributed by atoms with Gasteiger partial charge in [-0.3, -0.25) is 4.79 Å². The lowest BCUT2D eigenvalue weighted by atomic mass is 10.1. The van der Waals surface area contributed by atoms with Crippen molar-refractivity contribution in [3.63, 3.8) is 0 Å². The highest BCUT2D eigenvalue weighted by Crippen LogP contribution is 2.44. The molecule has 1 aliphatic rings. The molecule has 0 aliphatic heterocycles. The molecule has 0 aromatic heterocycles. The molecule has 0 heterocycles. The number of hydrogen-bond donors (Lipinski definition) is 1. The van der Waals surface area contributed by atoms with E-state index in [1.54, 1.807) is 0 Å². The van der Waals surface area contributed by atoms with Crippen molar-refractivity contribution in [3.8, 4) is 0 Å². The van der Waals surface area contributed by atoms with E-state index in [2.05, 4.69) is 19.2 Å². The van der Waals surface area contributed by atoms with Crippen LogP contribution in [0.25, 0.3) is 0 Å². The summed E-state index contributed by atoms with van der Waals surface area (Å²) in [5, 5.41) is 3.15. The van der Waals surface area contributed by atoms with E-state index in [1.807, 2.05) is 0 Å². The first-order valence-corrected chi connectivity index (χ1v) is 5.54. The molecule has 1 amide bonds. The predicted molar refractivity (Wildman–Crippen MR) is 61.1 cm³/mol. The van der Waals surface area contributed by atoms with Gasteiger partial charge in [0, 0.05) is 11.1 Å². The maximum absolute atomic E-state index is 13.4. The summed E-state index contributed by atoms with van der Waals surface area (Å²) in [5.74, 6) is -0.934. The Morgan fingerprint density at radius 3 is 2.75 bits per heavy atom. The molecule has 0 bridgehead atoms. The molecule has 1 N–H and O–H groups in total. The minimum Gasteiger partial charge on any atom is -0.349 e. The van der Waals surface area contributed by atoms with Gasteiger partial charge in [0.15, 0.2) is 0 Å². The SMILES string of the molecule is CC1(C)CC1NC(=O)c1cc(Cl)ccc1F. The number of hydrogen-bond acceptors (Lipinski definition) is 1. The lowest BCUT2D eigenvalue weighted by Crippen LogP contribution is -2.29. The predicted octanol–water partition coefficient (Wildman–Crippen LogP) is 3.01. The summed E-state index contributed by atoms with van der Waals surface area (Å²) in [5.41, 5.74) is 0.139. The van der Waals surface area contributed by atoms with Crippen LogP contribution >= 0.6 is 11.6 Å². The molecule has 86 valence electrons. The Morgan fingerprint density at radius 2 is 2.19 bits per heavy atom. The topological polar surface area (TPSA) is 29.1 Å². The van der Waals surface area contributed by atoms with E-state index >= 15 is 0 Å². The summed E-state index contributed by atoms with van der Waals surface area (Å²) in [7, 11) is 0. The summed E-state index contributed by atoms with van der Waals surface area (Å²) >= 11 is 5.72. The molecule has 1 aliphatic carbocycles. The highest BCUT2D eigenvalue weighted by atomic mass is 35.5. The minimum atomic E-state index is -0.541. The molecule has 16 heavy (non-hydrogen) atoms. The fraction of sp³-hybridized carbons (Fsp3) is 0.417. The highest BCUT2D eigenvalue weighted by Gasteiger charge is 2.46. The molecule has 0 spiro atoms. The fourth-order valence-electron chi connectivity index (χ4n) is 1.62. The van der Waals surface area contributed by atoms with E-state index in [-0.39, 0.29) is 17.0 Å². The first-order valence-electron chi connectivity index (χ1n) is 5.16. The van der Waals surface area contributed by atoms with Gasteiger partial charge >= 0.3 is 0 Å². The second kappa shape index (κ2) is 3.74. The lowest BCUT2D eigenvalue weighted by Gasteiger charge is -2.07. The van der Waals surface area contributed by atoms with Gasteiger partial charge in [0.2, 0.25) is 0 Å². The first-order chi connectivity index (χ1) is 7.40. The van der Waals surface area contributed by atoms with Crippen LogP contribution in [0.2, 0.25) is 5.02 Å². The van der Waals surface area contributed by atoms with Crippen molar-refractivity contribution in [2.75, 3.05) is 0 Å². The second-order valence-corrected chi connectivity index (χ2v) is 5.28. The smallest absolute Gasteiger partial charge is 0.254 e. The number of carbonyl (C=O) groups is 1. The van der Waals surface area contributed by atoms with Crippen LogP contribution in [0.15, 0.2) is 18.2 Å². The van der Waals surface area contributed by atoms with E-state index in [0.29, 0.717) is 5.02 Å². The van der Waals surface area contributed by atoms with Crippen LogP contribution in [0, 0.1) is 11.2 Å². The molecule has 2 rings (SSSR count). The van der Waals surface area contributed by atoms with Gasteiger partial charge in [0.1, 0.15) is 5.82 Å². The fourth-order valence-corrected chi connectivity index (χ4v) is 1.79. The summed E-state index contributed by atoms with van der Waals surface area (Å²) in [6.07, 6.45) is 0.931. The van der Waals surface area contributed by atoms with Crippen molar-refractivity contribution < 1.29 is 9.18 Å². The van der Waals surface area contributed by atoms with Gasteiger partial charge in [0.25, 0.3) is 5.91 Å². The van der Waals surface area contributed by atoms with Crippen molar-refractivity contribution in [2.45, 2.75) is 26.3 Å². The molecule has 1 atom stereocenters. The molecular weight excluding hydrogens is 229 g/mol. The number of amides is 1. The molecule has 0 saturated heterocycles. The zero-order valence-corrected chi connectivity index (χ0v) is 9.94. The van der Waals surface area contributed by atoms with E-state index in [4.69, 9.17) is 11.6 Å². The van der Waals surface area contributed by atoms with E-state index in [0.717, 1.165) is 6.42 Å². The number of nitrogens with one attached hydrogen (secondary N) is 1. The molecular formula is C12H13ClFNO. The number of carbonyl (C=O) groups excluding carboxylic acids is 1. The van der Waals surface area contributed by atoms with Crippen LogP contribution in [0.4, 0.5) is 4.39 Å². The van der Waals surface area contributed by atoms with Gasteiger partial charge in [-0.1, -0.05) is 25.4 Å². The average Bonchev–Trinajstić information content (AvgIpc) is 2.77. The zero-order chi connectivity index (χ0) is 11.9. The summed E-state index contributed by atoms with van der Waals surface area (Å²) in [6.45, 7) is 4.12. The molecule has 1 fully saturated rings. The molecule has 0 radical (unpaired) electrons. The second-order valence-electron chi connectivity index (χ2n) is 4.84. The van der Waals surface area contributed by atoms with E-state index in [1.165, 1.54) is 18.2 Å². The maximum atomic E-state index is 13.4. The third-order valence-corrected chi connectivity index (χ3v) is 3.23.